The zero-order chi connectivity index (χ0) is 28.8. The monoisotopic (exact) mass is 625 g/mol. The number of aromatic amines is 1. The van der Waals surface area contributed by atoms with Gasteiger partial charge in [-0.05, 0) is 35.9 Å². The molecule has 2 atom stereocenters. The summed E-state index contributed by atoms with van der Waals surface area (Å²) in [7, 11) is 0. The number of aliphatic carboxylic acids is 1. The molecule has 1 aliphatic heterocycles. The van der Waals surface area contributed by atoms with Crippen molar-refractivity contribution in [3.63, 3.8) is 0 Å². The van der Waals surface area contributed by atoms with Gasteiger partial charge in [0.05, 0.1) is 49.5 Å². The molecule has 2 amide bonds. The number of aromatic nitrogens is 2. The number of carboxylic acid groups (broad SMARTS) is 1. The number of ether oxygens (including phenoxy) is 1. The third-order valence-corrected chi connectivity index (χ3v) is 6.11. The van der Waals surface area contributed by atoms with Crippen molar-refractivity contribution >= 4 is 56.3 Å². The first-order chi connectivity index (χ1) is 19.1. The molecule has 3 aromatic rings. The first-order valence-electron chi connectivity index (χ1n) is 11.8. The van der Waals surface area contributed by atoms with E-state index in [1.807, 2.05) is 0 Å². The van der Waals surface area contributed by atoms with E-state index < -0.39 is 49.6 Å². The Morgan fingerprint density at radius 1 is 1.20 bits per heavy atom. The summed E-state index contributed by atoms with van der Waals surface area (Å²) in [5.74, 6) is -2.50. The minimum atomic E-state index is -3.10. The quantitative estimate of drug-likeness (QED) is 0.200. The number of amides is 2. The molecule has 0 saturated heterocycles. The van der Waals surface area contributed by atoms with E-state index in [4.69, 9.17) is 0 Å². The molecule has 0 fully saturated rings. The molecule has 0 spiro atoms. The molecule has 0 saturated carbocycles. The summed E-state index contributed by atoms with van der Waals surface area (Å²) in [6.45, 7) is -3.54. The lowest BCUT2D eigenvalue weighted by atomic mass is 10.0. The largest absolute Gasteiger partial charge is 0.481 e. The van der Waals surface area contributed by atoms with Crippen molar-refractivity contribution in [2.45, 2.75) is 25.2 Å². The Bertz CT molecular complexity index is 1450. The Labute approximate surface area is 232 Å². The molecule has 6 N–H and O–H groups in total. The van der Waals surface area contributed by atoms with Crippen molar-refractivity contribution in [1.82, 2.24) is 26.1 Å². The first-order valence-corrected chi connectivity index (χ1v) is 12.6. The highest BCUT2D eigenvalue weighted by atomic mass is 79.9. The Kier molecular flexibility index (Phi) is 9.08. The van der Waals surface area contributed by atoms with Crippen LogP contribution >= 0.6 is 15.9 Å². The number of rotatable bonds is 10. The summed E-state index contributed by atoms with van der Waals surface area (Å²) in [6, 6.07) is 5.84. The molecule has 212 valence electrons. The summed E-state index contributed by atoms with van der Waals surface area (Å²) >= 11 is 3.15. The van der Waals surface area contributed by atoms with Crippen LogP contribution in [0.3, 0.4) is 0 Å². The number of anilines is 1. The van der Waals surface area contributed by atoms with Crippen molar-refractivity contribution in [1.29, 1.82) is 0 Å². The molecular weight excluding hydrogens is 603 g/mol. The van der Waals surface area contributed by atoms with Gasteiger partial charge in [-0.15, -0.1) is 0 Å². The number of carbonyl (C=O) groups excluding carboxylic acids is 2. The number of nitrogens with zero attached hydrogens (tertiary/aromatic N) is 2. The Morgan fingerprint density at radius 3 is 2.70 bits per heavy atom. The fourth-order valence-electron chi connectivity index (χ4n) is 3.91. The molecule has 40 heavy (non-hydrogen) atoms. The lowest BCUT2D eigenvalue weighted by molar-refractivity contribution is -0.137. The zero-order valence-corrected chi connectivity index (χ0v) is 22.1. The van der Waals surface area contributed by atoms with E-state index in [0.717, 1.165) is 0 Å². The van der Waals surface area contributed by atoms with Crippen molar-refractivity contribution in [2.24, 2.45) is 4.99 Å². The topological polar surface area (TPSA) is 170 Å². The number of hydrogen-bond acceptors (Lipinski definition) is 8. The number of nitrogens with one attached hydrogen (secondary N) is 5. The lowest BCUT2D eigenvalue weighted by Crippen LogP contribution is -2.41. The normalized spacial score (nSPS) is 15.6. The van der Waals surface area contributed by atoms with Crippen molar-refractivity contribution in [3.8, 4) is 5.75 Å². The molecule has 0 bridgehead atoms. The number of hydrogen-bond donors (Lipinski definition) is 6. The number of halogens is 4. The molecule has 0 aliphatic carbocycles. The lowest BCUT2D eigenvalue weighted by Gasteiger charge is -2.20. The highest BCUT2D eigenvalue weighted by Gasteiger charge is 2.21. The van der Waals surface area contributed by atoms with Crippen molar-refractivity contribution in [3.05, 3.63) is 52.1 Å². The van der Waals surface area contributed by atoms with Crippen LogP contribution in [-0.2, 0) is 9.59 Å². The van der Waals surface area contributed by atoms with Crippen LogP contribution < -0.4 is 26.0 Å². The van der Waals surface area contributed by atoms with Gasteiger partial charge in [-0.1, -0.05) is 15.9 Å². The van der Waals surface area contributed by atoms with Crippen LogP contribution in [0.5, 0.6) is 5.75 Å². The smallest absolute Gasteiger partial charge is 0.387 e. The second-order valence-electron chi connectivity index (χ2n) is 8.65. The van der Waals surface area contributed by atoms with E-state index in [9.17, 15) is 32.7 Å². The SMILES string of the molecule is O=C(O)CC(NC(=O)CNC(=O)c1cc(NC2=NCC(F)CN2)c2cn[nH]c2c1)c1cc(Br)cc(OC(F)F)c1. The Balaban J connectivity index is 1.45. The van der Waals surface area contributed by atoms with Crippen LogP contribution in [0.4, 0.5) is 18.9 Å². The van der Waals surface area contributed by atoms with Gasteiger partial charge < -0.3 is 31.1 Å². The van der Waals surface area contributed by atoms with Crippen LogP contribution in [0.1, 0.15) is 28.4 Å². The van der Waals surface area contributed by atoms with Crippen LogP contribution in [-0.4, -0.2) is 71.5 Å². The van der Waals surface area contributed by atoms with Gasteiger partial charge in [-0.3, -0.25) is 19.5 Å². The van der Waals surface area contributed by atoms with E-state index in [1.165, 1.54) is 36.5 Å². The number of carboxylic acids is 1. The standard InChI is InChI=1S/C24H23BrF3N7O5/c25-13-1-11(2-15(5-13)40-23(27)28)17(6-21(37)38)33-20(36)10-29-22(39)12-3-18(16-9-32-35-19(16)4-12)34-24-30-7-14(26)8-31-24/h1-5,9,14,17,23H,6-8,10H2,(H,29,39)(H,32,35)(H,33,36)(H,37,38)(H2,30,31,34). The maximum atomic E-state index is 13.4. The van der Waals surface area contributed by atoms with Gasteiger partial charge in [0.2, 0.25) is 5.91 Å². The summed E-state index contributed by atoms with van der Waals surface area (Å²) in [6.07, 6.45) is -0.123. The summed E-state index contributed by atoms with van der Waals surface area (Å²) in [4.78, 5) is 41.0. The zero-order valence-electron chi connectivity index (χ0n) is 20.5. The molecule has 2 unspecified atom stereocenters. The Morgan fingerprint density at radius 2 is 2.00 bits per heavy atom. The van der Waals surface area contributed by atoms with Crippen LogP contribution in [0.15, 0.2) is 46.0 Å². The molecule has 1 aliphatic rings. The average molecular weight is 626 g/mol. The van der Waals surface area contributed by atoms with Crippen LogP contribution in [0.25, 0.3) is 10.9 Å². The van der Waals surface area contributed by atoms with E-state index in [-0.39, 0.29) is 30.0 Å². The third-order valence-electron chi connectivity index (χ3n) is 5.66. The van der Waals surface area contributed by atoms with Crippen LogP contribution in [0, 0.1) is 0 Å². The first kappa shape index (κ1) is 28.7. The van der Waals surface area contributed by atoms with Gasteiger partial charge in [0.25, 0.3) is 5.91 Å². The van der Waals surface area contributed by atoms with Gasteiger partial charge >= 0.3 is 12.6 Å². The summed E-state index contributed by atoms with van der Waals surface area (Å²) in [5, 5.41) is 27.5. The molecule has 2 aromatic carbocycles. The maximum absolute atomic E-state index is 13.4. The van der Waals surface area contributed by atoms with Crippen LogP contribution in [0.2, 0.25) is 0 Å². The number of aliphatic imine (C=N–C) groups is 1. The number of fused-ring (bicyclic) bond motifs is 1. The average Bonchev–Trinajstić information content (AvgIpc) is 3.36. The van der Waals surface area contributed by atoms with E-state index in [0.29, 0.717) is 27.0 Å². The van der Waals surface area contributed by atoms with Crippen molar-refractivity contribution in [2.75, 3.05) is 25.0 Å². The van der Waals surface area contributed by atoms with E-state index >= 15 is 0 Å². The minimum absolute atomic E-state index is 0.0114. The minimum Gasteiger partial charge on any atom is -0.481 e. The Hall–Kier alpha value is -4.34. The predicted molar refractivity (Wildman–Crippen MR) is 141 cm³/mol. The highest BCUT2D eigenvalue weighted by Crippen LogP contribution is 2.28. The third kappa shape index (κ3) is 7.62. The van der Waals surface area contributed by atoms with E-state index in [2.05, 4.69) is 57.1 Å². The summed E-state index contributed by atoms with van der Waals surface area (Å²) in [5.41, 5.74) is 1.33. The second-order valence-corrected chi connectivity index (χ2v) is 9.56. The van der Waals surface area contributed by atoms with Gasteiger partial charge in [-0.25, -0.2) is 9.38 Å². The molecule has 4 rings (SSSR count). The number of guanidine groups is 1. The number of H-pyrrole nitrogens is 1. The number of benzene rings is 2. The summed E-state index contributed by atoms with van der Waals surface area (Å²) < 4.78 is 43.4. The molecule has 1 aromatic heterocycles. The fraction of sp³-hybridized carbons (Fsp3) is 0.292. The molecule has 16 heteroatoms. The van der Waals surface area contributed by atoms with Crippen molar-refractivity contribution < 1.29 is 37.4 Å². The number of carbonyl (C=O) groups is 3. The molecular formula is C24H23BrF3N7O5. The maximum Gasteiger partial charge on any atom is 0.387 e. The van der Waals surface area contributed by atoms with Gasteiger partial charge in [0.15, 0.2) is 5.96 Å². The second kappa shape index (κ2) is 12.7. The fourth-order valence-corrected chi connectivity index (χ4v) is 4.40. The predicted octanol–water partition coefficient (Wildman–Crippen LogP) is 2.70. The van der Waals surface area contributed by atoms with E-state index in [1.54, 1.807) is 0 Å². The highest BCUT2D eigenvalue weighted by molar-refractivity contribution is 9.10. The van der Waals surface area contributed by atoms with Gasteiger partial charge in [-0.2, -0.15) is 13.9 Å². The molecule has 0 radical (unpaired) electrons. The number of alkyl halides is 3. The van der Waals surface area contributed by atoms with Gasteiger partial charge in [0, 0.05) is 15.4 Å². The van der Waals surface area contributed by atoms with Gasteiger partial charge in [0.1, 0.15) is 11.9 Å². The molecule has 12 nitrogen and oxygen atoms in total. The molecule has 2 heterocycles.